The number of H-pyrrole nitrogens is 1. The zero-order chi connectivity index (χ0) is 13.8. The van der Waals surface area contributed by atoms with Gasteiger partial charge in [0, 0.05) is 5.69 Å². The fourth-order valence-corrected chi connectivity index (χ4v) is 2.12. The van der Waals surface area contributed by atoms with Crippen LogP contribution in [-0.4, -0.2) is 17.5 Å². The van der Waals surface area contributed by atoms with Crippen LogP contribution in [-0.2, 0) is 4.74 Å². The number of benzene rings is 1. The minimum absolute atomic E-state index is 0.0297. The van der Waals surface area contributed by atoms with Crippen LogP contribution in [0.1, 0.15) is 10.4 Å². The third-order valence-electron chi connectivity index (χ3n) is 2.35. The van der Waals surface area contributed by atoms with Crippen molar-refractivity contribution < 1.29 is 9.53 Å². The highest BCUT2D eigenvalue weighted by Crippen LogP contribution is 2.28. The first-order valence-electron chi connectivity index (χ1n) is 5.20. The summed E-state index contributed by atoms with van der Waals surface area (Å²) in [7, 11) is 1.31. The van der Waals surface area contributed by atoms with Crippen molar-refractivity contribution in [3.63, 3.8) is 0 Å². The number of esters is 1. The number of rotatable bonds is 3. The van der Waals surface area contributed by atoms with Crippen LogP contribution in [0.25, 0.3) is 4.85 Å². The lowest BCUT2D eigenvalue weighted by Gasteiger charge is -2.04. The molecule has 96 valence electrons. The normalized spacial score (nSPS) is 9.68. The van der Waals surface area contributed by atoms with Crippen molar-refractivity contribution in [3.8, 4) is 0 Å². The zero-order valence-electron chi connectivity index (χ0n) is 9.89. The first kappa shape index (κ1) is 12.9. The van der Waals surface area contributed by atoms with Gasteiger partial charge in [-0.2, -0.15) is 0 Å². The SMILES string of the molecule is [C-]#[N+]c1c(Nc2ccc(C(=O)OC)cc2)s[nH]c1=O. The maximum absolute atomic E-state index is 11.3. The Labute approximate surface area is 112 Å². The topological polar surface area (TPSA) is 75.5 Å². The van der Waals surface area contributed by atoms with E-state index in [-0.39, 0.29) is 5.69 Å². The van der Waals surface area contributed by atoms with Gasteiger partial charge in [0.2, 0.25) is 0 Å². The minimum Gasteiger partial charge on any atom is -0.465 e. The molecule has 2 aromatic rings. The van der Waals surface area contributed by atoms with Gasteiger partial charge in [-0.05, 0) is 24.3 Å². The van der Waals surface area contributed by atoms with Crippen molar-refractivity contribution >= 4 is 33.9 Å². The average molecular weight is 275 g/mol. The smallest absolute Gasteiger partial charge is 0.337 e. The summed E-state index contributed by atoms with van der Waals surface area (Å²) < 4.78 is 7.07. The summed E-state index contributed by atoms with van der Waals surface area (Å²) >= 11 is 1.06. The molecule has 0 aliphatic rings. The van der Waals surface area contributed by atoms with Gasteiger partial charge < -0.3 is 10.1 Å². The van der Waals surface area contributed by atoms with E-state index in [0.29, 0.717) is 16.3 Å². The Bertz CT molecular complexity index is 694. The van der Waals surface area contributed by atoms with Crippen LogP contribution >= 0.6 is 11.5 Å². The molecule has 0 aliphatic heterocycles. The van der Waals surface area contributed by atoms with E-state index in [0.717, 1.165) is 11.5 Å². The van der Waals surface area contributed by atoms with E-state index >= 15 is 0 Å². The molecule has 1 aromatic heterocycles. The Kier molecular flexibility index (Phi) is 3.63. The van der Waals surface area contributed by atoms with Gasteiger partial charge in [0.15, 0.2) is 0 Å². The van der Waals surface area contributed by atoms with Gasteiger partial charge >= 0.3 is 5.97 Å². The van der Waals surface area contributed by atoms with E-state index in [1.54, 1.807) is 24.3 Å². The Morgan fingerprint density at radius 1 is 1.42 bits per heavy atom. The highest BCUT2D eigenvalue weighted by molar-refractivity contribution is 7.11. The Morgan fingerprint density at radius 2 is 2.11 bits per heavy atom. The predicted octanol–water partition coefficient (Wildman–Crippen LogP) is 2.52. The third-order valence-corrected chi connectivity index (χ3v) is 3.14. The van der Waals surface area contributed by atoms with E-state index in [2.05, 4.69) is 19.3 Å². The molecular formula is C12H9N3O3S. The number of anilines is 2. The lowest BCUT2D eigenvalue weighted by atomic mass is 10.2. The Hall–Kier alpha value is -2.59. The number of carbonyl (C=O) groups is 1. The number of ether oxygens (including phenoxy) is 1. The van der Waals surface area contributed by atoms with Gasteiger partial charge in [0.1, 0.15) is 5.00 Å². The molecule has 0 saturated carbocycles. The van der Waals surface area contributed by atoms with Crippen molar-refractivity contribution in [3.05, 3.63) is 51.6 Å². The summed E-state index contributed by atoms with van der Waals surface area (Å²) in [4.78, 5) is 25.7. The second-order valence-electron chi connectivity index (χ2n) is 3.52. The summed E-state index contributed by atoms with van der Waals surface area (Å²) in [5.74, 6) is -0.417. The molecule has 0 amide bonds. The van der Waals surface area contributed by atoms with Crippen LogP contribution in [0.5, 0.6) is 0 Å². The molecule has 0 unspecified atom stereocenters. The molecule has 1 heterocycles. The molecule has 0 bridgehead atoms. The van der Waals surface area contributed by atoms with Gasteiger partial charge in [-0.25, -0.2) is 9.64 Å². The molecular weight excluding hydrogens is 266 g/mol. The molecule has 2 N–H and O–H groups in total. The van der Waals surface area contributed by atoms with Gasteiger partial charge in [0.05, 0.1) is 19.2 Å². The molecule has 0 spiro atoms. The average Bonchev–Trinajstić information content (AvgIpc) is 2.79. The molecule has 0 radical (unpaired) electrons. The number of methoxy groups -OCH3 is 1. The highest BCUT2D eigenvalue weighted by atomic mass is 32.1. The van der Waals surface area contributed by atoms with Gasteiger partial charge in [0.25, 0.3) is 11.2 Å². The van der Waals surface area contributed by atoms with Gasteiger partial charge in [-0.3, -0.25) is 9.17 Å². The van der Waals surface area contributed by atoms with E-state index in [1.165, 1.54) is 7.11 Å². The summed E-state index contributed by atoms with van der Waals surface area (Å²) in [6.45, 7) is 6.93. The Morgan fingerprint density at radius 3 is 2.68 bits per heavy atom. The monoisotopic (exact) mass is 275 g/mol. The maximum atomic E-state index is 11.3. The van der Waals surface area contributed by atoms with Gasteiger partial charge in [-0.15, -0.1) is 0 Å². The van der Waals surface area contributed by atoms with E-state index in [4.69, 9.17) is 6.57 Å². The van der Waals surface area contributed by atoms with E-state index in [1.807, 2.05) is 0 Å². The van der Waals surface area contributed by atoms with Crippen LogP contribution < -0.4 is 10.9 Å². The number of nitrogens with zero attached hydrogens (tertiary/aromatic N) is 1. The second kappa shape index (κ2) is 5.37. The summed E-state index contributed by atoms with van der Waals surface area (Å²) in [5, 5.41) is 3.40. The molecule has 1 aromatic carbocycles. The van der Waals surface area contributed by atoms with Crippen molar-refractivity contribution in [1.29, 1.82) is 0 Å². The number of aromatic nitrogens is 1. The van der Waals surface area contributed by atoms with Crippen LogP contribution in [0, 0.1) is 6.57 Å². The Balaban J connectivity index is 2.23. The number of aromatic amines is 1. The van der Waals surface area contributed by atoms with E-state index in [9.17, 15) is 9.59 Å². The zero-order valence-corrected chi connectivity index (χ0v) is 10.7. The fraction of sp³-hybridized carbons (Fsp3) is 0.0833. The molecule has 0 atom stereocenters. The van der Waals surface area contributed by atoms with Crippen LogP contribution in [0.2, 0.25) is 0 Å². The molecule has 0 fully saturated rings. The largest absolute Gasteiger partial charge is 0.465 e. The molecule has 2 rings (SSSR count). The lowest BCUT2D eigenvalue weighted by Crippen LogP contribution is -2.01. The third kappa shape index (κ3) is 2.64. The van der Waals surface area contributed by atoms with Crippen LogP contribution in [0.3, 0.4) is 0 Å². The molecule has 19 heavy (non-hydrogen) atoms. The number of hydrogen-bond acceptors (Lipinski definition) is 5. The number of carbonyl (C=O) groups excluding carboxylic acids is 1. The summed E-state index contributed by atoms with van der Waals surface area (Å²) in [6, 6.07) is 6.54. The summed E-state index contributed by atoms with van der Waals surface area (Å²) in [5.41, 5.74) is 0.726. The first-order valence-corrected chi connectivity index (χ1v) is 6.01. The molecule has 0 aliphatic carbocycles. The van der Waals surface area contributed by atoms with Crippen LogP contribution in [0.4, 0.5) is 16.4 Å². The number of hydrogen-bond donors (Lipinski definition) is 2. The van der Waals surface area contributed by atoms with Gasteiger partial charge in [-0.1, -0.05) is 11.5 Å². The molecule has 6 nitrogen and oxygen atoms in total. The quantitative estimate of drug-likeness (QED) is 0.666. The maximum Gasteiger partial charge on any atom is 0.337 e. The van der Waals surface area contributed by atoms with Crippen molar-refractivity contribution in [2.24, 2.45) is 0 Å². The molecule has 7 heteroatoms. The van der Waals surface area contributed by atoms with Crippen molar-refractivity contribution in [2.75, 3.05) is 12.4 Å². The van der Waals surface area contributed by atoms with Crippen LogP contribution in [0.15, 0.2) is 29.1 Å². The standard InChI is InChI=1S/C12H9N3O3S/c1-13-9-10(16)15-19-11(9)14-8-5-3-7(4-6-8)12(17)18-2/h3-6,14H,2H3,(H,15,16). The fourth-order valence-electron chi connectivity index (χ4n) is 1.42. The highest BCUT2D eigenvalue weighted by Gasteiger charge is 2.11. The van der Waals surface area contributed by atoms with Crippen molar-refractivity contribution in [2.45, 2.75) is 0 Å². The molecule has 0 saturated heterocycles. The lowest BCUT2D eigenvalue weighted by molar-refractivity contribution is 0.0601. The van der Waals surface area contributed by atoms with E-state index < -0.39 is 11.5 Å². The minimum atomic E-state index is -0.417. The van der Waals surface area contributed by atoms with Crippen molar-refractivity contribution in [1.82, 2.24) is 4.37 Å². The summed E-state index contributed by atoms with van der Waals surface area (Å²) in [6.07, 6.45) is 0. The predicted molar refractivity (Wildman–Crippen MR) is 72.3 cm³/mol. The second-order valence-corrected chi connectivity index (χ2v) is 4.33. The first-order chi connectivity index (χ1) is 9.15. The number of nitrogens with one attached hydrogen (secondary N) is 2.